The molecule has 0 amide bonds. The molecular weight excluding hydrogens is 576 g/mol. The lowest BCUT2D eigenvalue weighted by Gasteiger charge is -2.26. The van der Waals surface area contributed by atoms with E-state index in [1.165, 1.54) is 11.1 Å². The minimum Gasteiger partial charge on any atom is -0.497 e. The maximum Gasteiger partial charge on any atom is 0.231 e. The average molecular weight is 613 g/mol. The zero-order chi connectivity index (χ0) is 31.1. The van der Waals surface area contributed by atoms with Crippen molar-refractivity contribution in [2.45, 2.75) is 38.6 Å². The zero-order valence-corrected chi connectivity index (χ0v) is 25.8. The van der Waals surface area contributed by atoms with Gasteiger partial charge in [0, 0.05) is 25.4 Å². The van der Waals surface area contributed by atoms with E-state index in [0.29, 0.717) is 19.0 Å². The van der Waals surface area contributed by atoms with Crippen molar-refractivity contribution in [1.29, 1.82) is 0 Å². The van der Waals surface area contributed by atoms with Crippen molar-refractivity contribution in [3.05, 3.63) is 127 Å². The summed E-state index contributed by atoms with van der Waals surface area (Å²) in [5.74, 6) is 3.47. The van der Waals surface area contributed by atoms with Gasteiger partial charge in [-0.1, -0.05) is 60.7 Å². The molecule has 1 fully saturated rings. The number of hydrogen-bond acceptors (Lipinski definition) is 8. The monoisotopic (exact) mass is 612 g/mol. The van der Waals surface area contributed by atoms with E-state index in [0.717, 1.165) is 65.8 Å². The molecule has 1 atom stereocenters. The number of benzene rings is 4. The molecular formula is C37H36N6O3. The van der Waals surface area contributed by atoms with Crippen LogP contribution in [0, 0.1) is 0 Å². The van der Waals surface area contributed by atoms with Crippen LogP contribution >= 0.6 is 0 Å². The highest BCUT2D eigenvalue weighted by atomic mass is 16.5. The highest BCUT2D eigenvalue weighted by Gasteiger charge is 2.24. The molecule has 9 heteroatoms. The number of aromatic nitrogens is 4. The molecule has 1 unspecified atom stereocenters. The molecule has 0 spiro atoms. The van der Waals surface area contributed by atoms with Crippen LogP contribution in [-0.4, -0.2) is 33.2 Å². The zero-order valence-electron chi connectivity index (χ0n) is 25.8. The van der Waals surface area contributed by atoms with Crippen LogP contribution in [-0.2, 0) is 17.8 Å². The maximum atomic E-state index is 6.16. The van der Waals surface area contributed by atoms with Crippen molar-refractivity contribution in [3.63, 3.8) is 0 Å². The molecule has 1 aliphatic rings. The summed E-state index contributed by atoms with van der Waals surface area (Å²) < 4.78 is 19.5. The predicted octanol–water partition coefficient (Wildman–Crippen LogP) is 8.28. The van der Waals surface area contributed by atoms with Crippen LogP contribution in [0.2, 0.25) is 0 Å². The second-order valence-electron chi connectivity index (χ2n) is 11.3. The molecule has 1 aliphatic heterocycles. The summed E-state index contributed by atoms with van der Waals surface area (Å²) in [6, 6.07) is 36.2. The molecule has 0 saturated carbocycles. The fourth-order valence-electron chi connectivity index (χ4n) is 5.66. The normalized spacial score (nSPS) is 14.6. The van der Waals surface area contributed by atoms with Crippen molar-refractivity contribution in [2.75, 3.05) is 23.9 Å². The Morgan fingerprint density at radius 3 is 2.02 bits per heavy atom. The Hall–Kier alpha value is -5.41. The summed E-state index contributed by atoms with van der Waals surface area (Å²) in [6.07, 6.45) is 4.82. The van der Waals surface area contributed by atoms with Gasteiger partial charge in [-0.3, -0.25) is 4.57 Å². The smallest absolute Gasteiger partial charge is 0.231 e. The highest BCUT2D eigenvalue weighted by molar-refractivity contribution is 5.85. The Kier molecular flexibility index (Phi) is 8.73. The van der Waals surface area contributed by atoms with Crippen LogP contribution in [0.1, 0.15) is 36.6 Å². The number of methoxy groups -OCH3 is 1. The van der Waals surface area contributed by atoms with Gasteiger partial charge in [-0.2, -0.15) is 9.97 Å². The fourth-order valence-corrected chi connectivity index (χ4v) is 5.66. The molecule has 9 nitrogen and oxygen atoms in total. The van der Waals surface area contributed by atoms with Gasteiger partial charge in [0.2, 0.25) is 5.95 Å². The number of rotatable bonds is 11. The van der Waals surface area contributed by atoms with E-state index in [1.807, 2.05) is 67.0 Å². The van der Waals surface area contributed by atoms with Gasteiger partial charge in [0.1, 0.15) is 23.5 Å². The summed E-state index contributed by atoms with van der Waals surface area (Å²) in [5.41, 5.74) is 4.69. The van der Waals surface area contributed by atoms with Crippen molar-refractivity contribution < 1.29 is 14.2 Å². The van der Waals surface area contributed by atoms with Gasteiger partial charge in [-0.15, -0.1) is 0 Å². The first-order chi connectivity index (χ1) is 22.7. The number of imidazole rings is 1. The third kappa shape index (κ3) is 6.79. The maximum absolute atomic E-state index is 6.16. The third-order valence-corrected chi connectivity index (χ3v) is 8.01. The molecule has 6 aromatic rings. The van der Waals surface area contributed by atoms with E-state index in [4.69, 9.17) is 29.2 Å². The Morgan fingerprint density at radius 1 is 0.783 bits per heavy atom. The first-order valence-corrected chi connectivity index (χ1v) is 15.6. The summed E-state index contributed by atoms with van der Waals surface area (Å²) in [6.45, 7) is 2.05. The minimum atomic E-state index is -0.111. The van der Waals surface area contributed by atoms with Crippen LogP contribution < -0.4 is 19.7 Å². The lowest BCUT2D eigenvalue weighted by Crippen LogP contribution is -2.24. The lowest BCUT2D eigenvalue weighted by molar-refractivity contribution is -0.0298. The molecule has 232 valence electrons. The van der Waals surface area contributed by atoms with Gasteiger partial charge >= 0.3 is 0 Å². The SMILES string of the molecule is COc1ccc(Oc2ccc(Nc3nc(N(Cc4ccccc4)Cc4ccccc4)c4ncn(C5CCCCO5)c4n3)cc2)cc1. The molecule has 2 aromatic heterocycles. The Bertz CT molecular complexity index is 1810. The number of nitrogens with zero attached hydrogens (tertiary/aromatic N) is 5. The first-order valence-electron chi connectivity index (χ1n) is 15.6. The second-order valence-corrected chi connectivity index (χ2v) is 11.3. The molecule has 0 bridgehead atoms. The number of nitrogens with one attached hydrogen (secondary N) is 1. The van der Waals surface area contributed by atoms with Gasteiger partial charge in [0.05, 0.1) is 13.4 Å². The van der Waals surface area contributed by atoms with Crippen molar-refractivity contribution >= 4 is 28.6 Å². The summed E-state index contributed by atoms with van der Waals surface area (Å²) in [7, 11) is 1.65. The van der Waals surface area contributed by atoms with Crippen LogP contribution in [0.4, 0.5) is 17.5 Å². The average Bonchev–Trinajstić information content (AvgIpc) is 3.54. The van der Waals surface area contributed by atoms with Gasteiger partial charge < -0.3 is 24.4 Å². The molecule has 1 saturated heterocycles. The largest absolute Gasteiger partial charge is 0.497 e. The molecule has 0 aliphatic carbocycles. The van der Waals surface area contributed by atoms with Crippen molar-refractivity contribution in [3.8, 4) is 17.2 Å². The fraction of sp³-hybridized carbons (Fsp3) is 0.216. The van der Waals surface area contributed by atoms with Gasteiger partial charge in [0.25, 0.3) is 0 Å². The number of ether oxygens (including phenoxy) is 3. The number of hydrogen-bond donors (Lipinski definition) is 1. The number of fused-ring (bicyclic) bond motifs is 1. The molecule has 7 rings (SSSR count). The standard InChI is InChI=1S/C37H36N6O3/c1-44-30-19-21-32(22-20-30)46-31-17-15-29(16-18-31)39-37-40-35(34-36(41-37)43(26-38-34)33-14-8-9-23-45-33)42(24-27-10-4-2-5-11-27)25-28-12-6-3-7-13-28/h2-7,10-13,15-22,26,33H,8-9,14,23-25H2,1H3,(H,39,40,41). The quantitative estimate of drug-likeness (QED) is 0.156. The molecule has 46 heavy (non-hydrogen) atoms. The van der Waals surface area contributed by atoms with Crippen LogP contribution in [0.25, 0.3) is 11.2 Å². The second kappa shape index (κ2) is 13.7. The topological polar surface area (TPSA) is 86.6 Å². The van der Waals surface area contributed by atoms with Crippen LogP contribution in [0.3, 0.4) is 0 Å². The molecule has 3 heterocycles. The Balaban J connectivity index is 1.23. The Morgan fingerprint density at radius 2 is 1.41 bits per heavy atom. The molecule has 1 N–H and O–H groups in total. The number of anilines is 3. The summed E-state index contributed by atoms with van der Waals surface area (Å²) >= 11 is 0. The summed E-state index contributed by atoms with van der Waals surface area (Å²) in [4.78, 5) is 17.2. The van der Waals surface area contributed by atoms with E-state index < -0.39 is 0 Å². The first kappa shape index (κ1) is 29.3. The van der Waals surface area contributed by atoms with E-state index in [9.17, 15) is 0 Å². The third-order valence-electron chi connectivity index (χ3n) is 8.01. The predicted molar refractivity (Wildman–Crippen MR) is 180 cm³/mol. The molecule has 4 aromatic carbocycles. The van der Waals surface area contributed by atoms with E-state index in [1.54, 1.807) is 7.11 Å². The van der Waals surface area contributed by atoms with Gasteiger partial charge in [-0.25, -0.2) is 4.98 Å². The minimum absolute atomic E-state index is 0.111. The lowest BCUT2D eigenvalue weighted by atomic mass is 10.1. The van der Waals surface area contributed by atoms with Crippen molar-refractivity contribution in [1.82, 2.24) is 19.5 Å². The van der Waals surface area contributed by atoms with E-state index in [2.05, 4.69) is 63.3 Å². The molecule has 0 radical (unpaired) electrons. The van der Waals surface area contributed by atoms with Crippen molar-refractivity contribution in [2.24, 2.45) is 0 Å². The van der Waals surface area contributed by atoms with Crippen LogP contribution in [0.5, 0.6) is 17.2 Å². The highest BCUT2D eigenvalue weighted by Crippen LogP contribution is 2.33. The summed E-state index contributed by atoms with van der Waals surface area (Å²) in [5, 5.41) is 3.44. The van der Waals surface area contributed by atoms with Gasteiger partial charge in [-0.05, 0) is 78.9 Å². The van der Waals surface area contributed by atoms with E-state index >= 15 is 0 Å². The Labute approximate surface area is 268 Å². The van der Waals surface area contributed by atoms with Crippen LogP contribution in [0.15, 0.2) is 116 Å². The van der Waals surface area contributed by atoms with Gasteiger partial charge in [0.15, 0.2) is 17.0 Å². The van der Waals surface area contributed by atoms with E-state index in [-0.39, 0.29) is 6.23 Å².